The van der Waals surface area contributed by atoms with Crippen LogP contribution < -0.4 is 10.1 Å². The van der Waals surface area contributed by atoms with Crippen LogP contribution in [0.5, 0.6) is 5.75 Å². The van der Waals surface area contributed by atoms with Gasteiger partial charge in [-0.15, -0.1) is 0 Å². The van der Waals surface area contributed by atoms with Crippen molar-refractivity contribution in [2.75, 3.05) is 13.7 Å². The van der Waals surface area contributed by atoms with Crippen molar-refractivity contribution >= 4 is 11.9 Å². The number of hydrogen-bond acceptors (Lipinski definition) is 3. The molecule has 1 aliphatic carbocycles. The van der Waals surface area contributed by atoms with Crippen LogP contribution in [0.2, 0.25) is 0 Å². The van der Waals surface area contributed by atoms with Crippen LogP contribution in [-0.4, -0.2) is 30.6 Å². The number of hydrogen-bond donors (Lipinski definition) is 2. The Morgan fingerprint density at radius 1 is 1.35 bits per heavy atom. The SMILES string of the molecule is COc1ccccc1C(=O)NCC1CCCC1C(=O)O. The highest BCUT2D eigenvalue weighted by Gasteiger charge is 2.33. The molecule has 2 N–H and O–H groups in total. The van der Waals surface area contributed by atoms with Gasteiger partial charge in [0.25, 0.3) is 5.91 Å². The van der Waals surface area contributed by atoms with E-state index in [0.29, 0.717) is 24.3 Å². The van der Waals surface area contributed by atoms with Gasteiger partial charge in [0.05, 0.1) is 18.6 Å². The molecule has 5 nitrogen and oxygen atoms in total. The van der Waals surface area contributed by atoms with Gasteiger partial charge in [0.2, 0.25) is 0 Å². The minimum absolute atomic E-state index is 0.0196. The van der Waals surface area contributed by atoms with Crippen molar-refractivity contribution in [3.8, 4) is 5.75 Å². The molecule has 1 saturated carbocycles. The van der Waals surface area contributed by atoms with E-state index < -0.39 is 5.97 Å². The average molecular weight is 277 g/mol. The lowest BCUT2D eigenvalue weighted by Gasteiger charge is -2.16. The van der Waals surface area contributed by atoms with Crippen LogP contribution in [0.25, 0.3) is 0 Å². The van der Waals surface area contributed by atoms with Crippen molar-refractivity contribution in [3.63, 3.8) is 0 Å². The van der Waals surface area contributed by atoms with E-state index in [1.807, 2.05) is 0 Å². The summed E-state index contributed by atoms with van der Waals surface area (Å²) in [5, 5.41) is 11.9. The number of amides is 1. The number of para-hydroxylation sites is 1. The van der Waals surface area contributed by atoms with Gasteiger partial charge in [0.15, 0.2) is 0 Å². The Bertz CT molecular complexity index is 500. The number of rotatable bonds is 5. The fourth-order valence-corrected chi connectivity index (χ4v) is 2.76. The van der Waals surface area contributed by atoms with E-state index in [9.17, 15) is 9.59 Å². The van der Waals surface area contributed by atoms with E-state index in [1.54, 1.807) is 24.3 Å². The highest BCUT2D eigenvalue weighted by molar-refractivity contribution is 5.96. The standard InChI is InChI=1S/C15H19NO4/c1-20-13-8-3-2-6-12(13)14(17)16-9-10-5-4-7-11(10)15(18)19/h2-3,6,8,10-11H,4-5,7,9H2,1H3,(H,16,17)(H,18,19). The van der Waals surface area contributed by atoms with Gasteiger partial charge in [0, 0.05) is 6.54 Å². The first-order valence-corrected chi connectivity index (χ1v) is 6.77. The van der Waals surface area contributed by atoms with Gasteiger partial charge >= 0.3 is 5.97 Å². The number of aliphatic carboxylic acids is 1. The number of methoxy groups -OCH3 is 1. The van der Waals surface area contributed by atoms with Gasteiger partial charge < -0.3 is 15.2 Å². The third-order valence-electron chi connectivity index (χ3n) is 3.85. The smallest absolute Gasteiger partial charge is 0.306 e. The molecule has 0 heterocycles. The van der Waals surface area contributed by atoms with E-state index in [4.69, 9.17) is 9.84 Å². The quantitative estimate of drug-likeness (QED) is 0.862. The first-order valence-electron chi connectivity index (χ1n) is 6.77. The Morgan fingerprint density at radius 2 is 2.10 bits per heavy atom. The molecule has 108 valence electrons. The largest absolute Gasteiger partial charge is 0.496 e. The van der Waals surface area contributed by atoms with Gasteiger partial charge in [-0.1, -0.05) is 18.6 Å². The topological polar surface area (TPSA) is 75.6 Å². The van der Waals surface area contributed by atoms with Crippen molar-refractivity contribution in [2.45, 2.75) is 19.3 Å². The Balaban J connectivity index is 1.97. The summed E-state index contributed by atoms with van der Waals surface area (Å²) in [6.07, 6.45) is 2.46. The molecular weight excluding hydrogens is 258 g/mol. The van der Waals surface area contributed by atoms with Crippen molar-refractivity contribution in [3.05, 3.63) is 29.8 Å². The molecule has 1 aromatic rings. The lowest BCUT2D eigenvalue weighted by atomic mass is 9.96. The summed E-state index contributed by atoms with van der Waals surface area (Å²) in [5.41, 5.74) is 0.472. The first-order chi connectivity index (χ1) is 9.63. The second-order valence-corrected chi connectivity index (χ2v) is 5.05. The lowest BCUT2D eigenvalue weighted by Crippen LogP contribution is -2.33. The third-order valence-corrected chi connectivity index (χ3v) is 3.85. The summed E-state index contributed by atoms with van der Waals surface area (Å²) in [4.78, 5) is 23.2. The summed E-state index contributed by atoms with van der Waals surface area (Å²) in [6, 6.07) is 6.99. The number of ether oxygens (including phenoxy) is 1. The van der Waals surface area contributed by atoms with Crippen LogP contribution in [-0.2, 0) is 4.79 Å². The molecule has 1 fully saturated rings. The van der Waals surface area contributed by atoms with E-state index in [1.165, 1.54) is 7.11 Å². The van der Waals surface area contributed by atoms with Crippen molar-refractivity contribution in [2.24, 2.45) is 11.8 Å². The van der Waals surface area contributed by atoms with Gasteiger partial charge in [-0.25, -0.2) is 0 Å². The molecule has 2 rings (SSSR count). The Labute approximate surface area is 117 Å². The molecule has 0 radical (unpaired) electrons. The van der Waals surface area contributed by atoms with Gasteiger partial charge in [0.1, 0.15) is 5.75 Å². The molecule has 2 unspecified atom stereocenters. The summed E-state index contributed by atoms with van der Waals surface area (Å²) in [5.74, 6) is -0.789. The van der Waals surface area contributed by atoms with Crippen molar-refractivity contribution in [1.29, 1.82) is 0 Å². The highest BCUT2D eigenvalue weighted by atomic mass is 16.5. The minimum atomic E-state index is -0.765. The minimum Gasteiger partial charge on any atom is -0.496 e. The van der Waals surface area contributed by atoms with Crippen LogP contribution in [0.3, 0.4) is 0 Å². The molecule has 1 aromatic carbocycles. The maximum atomic E-state index is 12.1. The van der Waals surface area contributed by atoms with Gasteiger partial charge in [-0.05, 0) is 30.9 Å². The monoisotopic (exact) mass is 277 g/mol. The fourth-order valence-electron chi connectivity index (χ4n) is 2.76. The van der Waals surface area contributed by atoms with Crippen molar-refractivity contribution < 1.29 is 19.4 Å². The molecule has 0 spiro atoms. The first kappa shape index (κ1) is 14.4. The van der Waals surface area contributed by atoms with Crippen LogP contribution in [0.4, 0.5) is 0 Å². The predicted octanol–water partition coefficient (Wildman–Crippen LogP) is 1.93. The van der Waals surface area contributed by atoms with Crippen LogP contribution in [0, 0.1) is 11.8 Å². The molecule has 0 saturated heterocycles. The molecule has 0 aromatic heterocycles. The highest BCUT2D eigenvalue weighted by Crippen LogP contribution is 2.31. The molecular formula is C15H19NO4. The number of carbonyl (C=O) groups excluding carboxylic acids is 1. The number of nitrogens with one attached hydrogen (secondary N) is 1. The van der Waals surface area contributed by atoms with E-state index in [0.717, 1.165) is 12.8 Å². The Morgan fingerprint density at radius 3 is 2.80 bits per heavy atom. The average Bonchev–Trinajstić information content (AvgIpc) is 2.93. The predicted molar refractivity (Wildman–Crippen MR) is 73.8 cm³/mol. The summed E-state index contributed by atoms with van der Waals surface area (Å²) in [7, 11) is 1.52. The molecule has 0 bridgehead atoms. The molecule has 20 heavy (non-hydrogen) atoms. The zero-order chi connectivity index (χ0) is 14.5. The van der Waals surface area contributed by atoms with Crippen LogP contribution in [0.15, 0.2) is 24.3 Å². The molecule has 2 atom stereocenters. The molecule has 1 aliphatic rings. The van der Waals surface area contributed by atoms with E-state index >= 15 is 0 Å². The van der Waals surface area contributed by atoms with Gasteiger partial charge in [-0.3, -0.25) is 9.59 Å². The normalized spacial score (nSPS) is 21.4. The number of carbonyl (C=O) groups is 2. The second-order valence-electron chi connectivity index (χ2n) is 5.05. The number of benzene rings is 1. The summed E-state index contributed by atoms with van der Waals surface area (Å²) < 4.78 is 5.14. The Kier molecular flexibility index (Phi) is 4.61. The lowest BCUT2D eigenvalue weighted by molar-refractivity contribution is -0.142. The second kappa shape index (κ2) is 6.41. The van der Waals surface area contributed by atoms with E-state index in [-0.39, 0.29) is 17.7 Å². The summed E-state index contributed by atoms with van der Waals surface area (Å²) in [6.45, 7) is 0.397. The molecule has 1 amide bonds. The van der Waals surface area contributed by atoms with Crippen LogP contribution in [0.1, 0.15) is 29.6 Å². The Hall–Kier alpha value is -2.04. The zero-order valence-electron chi connectivity index (χ0n) is 11.5. The van der Waals surface area contributed by atoms with E-state index in [2.05, 4.69) is 5.32 Å². The zero-order valence-corrected chi connectivity index (χ0v) is 11.5. The molecule has 0 aliphatic heterocycles. The maximum absolute atomic E-state index is 12.1. The fraction of sp³-hybridized carbons (Fsp3) is 0.467. The molecule has 5 heteroatoms. The summed E-state index contributed by atoms with van der Waals surface area (Å²) >= 11 is 0. The van der Waals surface area contributed by atoms with Gasteiger partial charge in [-0.2, -0.15) is 0 Å². The van der Waals surface area contributed by atoms with Crippen LogP contribution >= 0.6 is 0 Å². The third kappa shape index (κ3) is 3.10. The van der Waals surface area contributed by atoms with Crippen molar-refractivity contribution in [1.82, 2.24) is 5.32 Å². The number of carboxylic acid groups (broad SMARTS) is 1. The maximum Gasteiger partial charge on any atom is 0.306 e. The number of carboxylic acids is 1.